The van der Waals surface area contributed by atoms with Crippen LogP contribution in [0.15, 0.2) is 54.9 Å². The van der Waals surface area contributed by atoms with Crippen LogP contribution in [0.5, 0.6) is 0 Å². The summed E-state index contributed by atoms with van der Waals surface area (Å²) in [6, 6.07) is 12.7. The molecule has 2 N–H and O–H groups in total. The topological polar surface area (TPSA) is 138 Å². The quantitative estimate of drug-likeness (QED) is 0.247. The van der Waals surface area contributed by atoms with Crippen LogP contribution in [-0.4, -0.2) is 123 Å². The standard InChI is InChI=1S/C43H50FN9O4/c1-26-20-32-30-6-4-5-7-34(30)47-37(32)38(52(26)25-43(2,3)44)28-22-45-42(46-23-28)51-14-12-27(13-15-51)24-49-16-18-50(19-17-49)29-8-9-31-33(21-29)41(57)53(40(31)56)35-10-11-36(54)48-39(35)55/h4-9,21-23,26-27,35,38,47H,10-20,24-25H2,1-3H3,(H,48,54,55)/t26-,35?,38-/m1/s1. The Morgan fingerprint density at radius 1 is 0.860 bits per heavy atom. The number of carbonyl (C=O) groups is 4. The average molecular weight is 776 g/mol. The van der Waals surface area contributed by atoms with E-state index in [1.165, 1.54) is 10.9 Å². The third kappa shape index (κ3) is 7.07. The number of benzene rings is 2. The molecular weight excluding hydrogens is 726 g/mol. The summed E-state index contributed by atoms with van der Waals surface area (Å²) in [5.41, 5.74) is 4.60. The van der Waals surface area contributed by atoms with Crippen LogP contribution in [0.1, 0.15) is 90.0 Å². The Morgan fingerprint density at radius 3 is 2.30 bits per heavy atom. The minimum atomic E-state index is -1.35. The molecule has 57 heavy (non-hydrogen) atoms. The largest absolute Gasteiger partial charge is 0.369 e. The van der Waals surface area contributed by atoms with Crippen LogP contribution in [0.3, 0.4) is 0 Å². The third-order valence-corrected chi connectivity index (χ3v) is 12.6. The molecule has 13 nitrogen and oxygen atoms in total. The Hall–Kier alpha value is -5.21. The number of amides is 4. The van der Waals surface area contributed by atoms with Gasteiger partial charge in [0.15, 0.2) is 0 Å². The Morgan fingerprint density at radius 2 is 1.58 bits per heavy atom. The number of nitrogens with one attached hydrogen (secondary N) is 2. The van der Waals surface area contributed by atoms with Crippen molar-refractivity contribution in [1.29, 1.82) is 0 Å². The van der Waals surface area contributed by atoms with Gasteiger partial charge in [0.05, 0.1) is 17.2 Å². The van der Waals surface area contributed by atoms with Crippen LogP contribution in [-0.2, 0) is 16.0 Å². The van der Waals surface area contributed by atoms with Gasteiger partial charge < -0.3 is 14.8 Å². The number of halogens is 1. The van der Waals surface area contributed by atoms with Crippen LogP contribution in [0.2, 0.25) is 0 Å². The van der Waals surface area contributed by atoms with Gasteiger partial charge in [0, 0.05) is 105 Å². The van der Waals surface area contributed by atoms with Gasteiger partial charge in [0.2, 0.25) is 17.8 Å². The lowest BCUT2D eigenvalue weighted by atomic mass is 9.88. The molecule has 2 aromatic heterocycles. The molecule has 4 aromatic rings. The number of hydrogen-bond donors (Lipinski definition) is 2. The molecule has 14 heteroatoms. The van der Waals surface area contributed by atoms with E-state index in [1.54, 1.807) is 26.0 Å². The number of anilines is 2. The number of aromatic nitrogens is 3. The molecule has 5 aliphatic rings. The highest BCUT2D eigenvalue weighted by molar-refractivity contribution is 6.23. The molecule has 1 unspecified atom stereocenters. The number of imide groups is 2. The van der Waals surface area contributed by atoms with Crippen LogP contribution in [0, 0.1) is 5.92 Å². The molecule has 0 saturated carbocycles. The normalized spacial score (nSPS) is 24.0. The summed E-state index contributed by atoms with van der Waals surface area (Å²) < 4.78 is 15.2. The Kier molecular flexibility index (Phi) is 9.59. The van der Waals surface area contributed by atoms with Gasteiger partial charge in [0.25, 0.3) is 11.8 Å². The lowest BCUT2D eigenvalue weighted by Gasteiger charge is -2.42. The maximum atomic E-state index is 15.2. The van der Waals surface area contributed by atoms with Gasteiger partial charge in [-0.25, -0.2) is 14.4 Å². The van der Waals surface area contributed by atoms with Gasteiger partial charge in [-0.2, -0.15) is 0 Å². The summed E-state index contributed by atoms with van der Waals surface area (Å²) in [7, 11) is 0. The maximum absolute atomic E-state index is 15.2. The number of hydrogen-bond acceptors (Lipinski definition) is 10. The minimum absolute atomic E-state index is 0.0942. The number of piperidine rings is 2. The molecule has 2 aromatic carbocycles. The van der Waals surface area contributed by atoms with Crippen molar-refractivity contribution in [3.05, 3.63) is 82.8 Å². The second-order valence-corrected chi connectivity index (χ2v) is 17.1. The molecule has 3 atom stereocenters. The molecule has 9 rings (SSSR count). The monoisotopic (exact) mass is 775 g/mol. The summed E-state index contributed by atoms with van der Waals surface area (Å²) in [4.78, 5) is 74.4. The summed E-state index contributed by atoms with van der Waals surface area (Å²) in [5.74, 6) is -0.661. The highest BCUT2D eigenvalue weighted by atomic mass is 19.1. The van der Waals surface area contributed by atoms with E-state index < -0.39 is 29.4 Å². The van der Waals surface area contributed by atoms with Crippen LogP contribution in [0.25, 0.3) is 10.9 Å². The molecule has 3 saturated heterocycles. The predicted octanol–water partition coefficient (Wildman–Crippen LogP) is 4.48. The van der Waals surface area contributed by atoms with E-state index in [0.717, 1.165) is 98.4 Å². The molecule has 0 bridgehead atoms. The second-order valence-electron chi connectivity index (χ2n) is 17.1. The van der Waals surface area contributed by atoms with Crippen molar-refractivity contribution >= 4 is 46.2 Å². The first kappa shape index (κ1) is 37.4. The van der Waals surface area contributed by atoms with Crippen LogP contribution >= 0.6 is 0 Å². The molecule has 3 fully saturated rings. The van der Waals surface area contributed by atoms with Crippen molar-refractivity contribution < 1.29 is 23.6 Å². The second kappa shape index (κ2) is 14.6. The number of para-hydroxylation sites is 1. The highest BCUT2D eigenvalue weighted by Crippen LogP contribution is 2.41. The van der Waals surface area contributed by atoms with Gasteiger partial charge in [0.1, 0.15) is 11.7 Å². The van der Waals surface area contributed by atoms with Crippen molar-refractivity contribution in [2.45, 2.75) is 76.7 Å². The predicted molar refractivity (Wildman–Crippen MR) is 214 cm³/mol. The first-order valence-electron chi connectivity index (χ1n) is 20.4. The fraction of sp³-hybridized carbons (Fsp3) is 0.488. The van der Waals surface area contributed by atoms with Crippen LogP contribution < -0.4 is 15.1 Å². The first-order valence-corrected chi connectivity index (χ1v) is 20.4. The molecular formula is C43H50FN9O4. The number of fused-ring (bicyclic) bond motifs is 4. The van der Waals surface area contributed by atoms with Gasteiger partial charge in [-0.3, -0.25) is 39.2 Å². The zero-order chi connectivity index (χ0) is 39.6. The summed E-state index contributed by atoms with van der Waals surface area (Å²) in [5, 5.41) is 3.47. The summed E-state index contributed by atoms with van der Waals surface area (Å²) in [6.07, 6.45) is 7.06. The van der Waals surface area contributed by atoms with Crippen molar-refractivity contribution in [3.8, 4) is 0 Å². The van der Waals surface area contributed by atoms with E-state index in [-0.39, 0.29) is 30.8 Å². The van der Waals surface area contributed by atoms with E-state index >= 15 is 4.39 Å². The maximum Gasteiger partial charge on any atom is 0.262 e. The van der Waals surface area contributed by atoms with Crippen molar-refractivity contribution in [3.63, 3.8) is 0 Å². The van der Waals surface area contributed by atoms with Crippen molar-refractivity contribution in [2.24, 2.45) is 5.92 Å². The van der Waals surface area contributed by atoms with E-state index in [9.17, 15) is 19.2 Å². The van der Waals surface area contributed by atoms with Gasteiger partial charge in [-0.1, -0.05) is 18.2 Å². The average Bonchev–Trinajstić information content (AvgIpc) is 3.68. The molecule has 0 aliphatic carbocycles. The van der Waals surface area contributed by atoms with E-state index in [4.69, 9.17) is 9.97 Å². The number of carbonyl (C=O) groups excluding carboxylic acids is 4. The van der Waals surface area contributed by atoms with E-state index in [1.807, 2.05) is 24.5 Å². The number of piperazine rings is 1. The van der Waals surface area contributed by atoms with Gasteiger partial charge in [-0.05, 0) is 82.2 Å². The number of alkyl halides is 1. The zero-order valence-electron chi connectivity index (χ0n) is 32.8. The fourth-order valence-corrected chi connectivity index (χ4v) is 9.71. The zero-order valence-corrected chi connectivity index (χ0v) is 32.8. The smallest absolute Gasteiger partial charge is 0.262 e. The molecule has 4 amide bonds. The molecule has 0 radical (unpaired) electrons. The van der Waals surface area contributed by atoms with E-state index in [2.05, 4.69) is 55.0 Å². The van der Waals surface area contributed by atoms with Crippen molar-refractivity contribution in [2.75, 3.05) is 62.2 Å². The number of rotatable bonds is 8. The molecule has 7 heterocycles. The number of aromatic amines is 1. The SMILES string of the molecule is C[C@@H]1Cc2c([nH]c3ccccc23)[C@@H](c2cnc(N3CCC(CN4CCN(c5ccc6c(c5)C(=O)N(C5CCC(=O)NC5=O)C6=O)CC4)CC3)nc2)N1CC(C)(C)F. The Labute approximate surface area is 331 Å². The Bertz CT molecular complexity index is 2220. The summed E-state index contributed by atoms with van der Waals surface area (Å²) in [6.45, 7) is 12.0. The van der Waals surface area contributed by atoms with Crippen molar-refractivity contribution in [1.82, 2.24) is 35.0 Å². The van der Waals surface area contributed by atoms with Gasteiger partial charge >= 0.3 is 0 Å². The van der Waals surface area contributed by atoms with E-state index in [0.29, 0.717) is 23.6 Å². The number of nitrogens with zero attached hydrogens (tertiary/aromatic N) is 7. The molecule has 0 spiro atoms. The number of H-pyrrole nitrogens is 1. The van der Waals surface area contributed by atoms with Crippen LogP contribution in [0.4, 0.5) is 16.0 Å². The third-order valence-electron chi connectivity index (χ3n) is 12.6. The highest BCUT2D eigenvalue weighted by Gasteiger charge is 2.45. The minimum Gasteiger partial charge on any atom is -0.369 e. The molecule has 298 valence electrons. The first-order chi connectivity index (χ1) is 27.4. The lowest BCUT2D eigenvalue weighted by Crippen LogP contribution is -2.54. The fourth-order valence-electron chi connectivity index (χ4n) is 9.71. The lowest BCUT2D eigenvalue weighted by molar-refractivity contribution is -0.136. The summed E-state index contributed by atoms with van der Waals surface area (Å²) >= 11 is 0. The van der Waals surface area contributed by atoms with Gasteiger partial charge in [-0.15, -0.1) is 0 Å². The molecule has 5 aliphatic heterocycles. The Balaban J connectivity index is 0.798.